The van der Waals surface area contributed by atoms with Crippen molar-refractivity contribution >= 4 is 40.2 Å². The van der Waals surface area contributed by atoms with Gasteiger partial charge in [-0.05, 0) is 41.6 Å². The Morgan fingerprint density at radius 2 is 2.12 bits per heavy atom. The van der Waals surface area contributed by atoms with E-state index in [0.29, 0.717) is 5.69 Å². The van der Waals surface area contributed by atoms with Crippen molar-refractivity contribution in [1.82, 2.24) is 0 Å². The molecule has 1 aromatic carbocycles. The van der Waals surface area contributed by atoms with Crippen LogP contribution in [0.4, 0.5) is 5.69 Å². The van der Waals surface area contributed by atoms with Crippen LogP contribution in [0.25, 0.3) is 0 Å². The number of rotatable bonds is 4. The summed E-state index contributed by atoms with van der Waals surface area (Å²) < 4.78 is 5.54. The van der Waals surface area contributed by atoms with Crippen LogP contribution in [-0.2, 0) is 14.3 Å². The zero-order valence-electron chi connectivity index (χ0n) is 9.27. The summed E-state index contributed by atoms with van der Waals surface area (Å²) in [7, 11) is 0. The van der Waals surface area contributed by atoms with E-state index in [4.69, 9.17) is 5.73 Å². The molecule has 1 rings (SSSR count). The van der Waals surface area contributed by atoms with E-state index in [1.807, 2.05) is 12.1 Å². The van der Waals surface area contributed by atoms with Crippen LogP contribution >= 0.6 is 22.6 Å². The largest absolute Gasteiger partial charge is 0.464 e. The number of benzene rings is 1. The van der Waals surface area contributed by atoms with Crippen molar-refractivity contribution in [2.45, 2.75) is 13.0 Å². The van der Waals surface area contributed by atoms with E-state index in [9.17, 15) is 9.59 Å². The topological polar surface area (TPSA) is 81.4 Å². The SMILES string of the molecule is CCOC(=O)C(N)C(=O)Nc1ccccc1I. The lowest BCUT2D eigenvalue weighted by molar-refractivity contribution is -0.146. The molecule has 0 saturated carbocycles. The standard InChI is InChI=1S/C11H13IN2O3/c1-2-17-11(16)9(13)10(15)14-8-6-4-3-5-7(8)12/h3-6,9H,2,13H2,1H3,(H,14,15). The average molecular weight is 348 g/mol. The number of nitrogens with two attached hydrogens (primary N) is 1. The van der Waals surface area contributed by atoms with E-state index in [1.165, 1.54) is 0 Å². The lowest BCUT2D eigenvalue weighted by Crippen LogP contribution is -2.43. The van der Waals surface area contributed by atoms with Crippen LogP contribution in [0, 0.1) is 3.57 Å². The average Bonchev–Trinajstić information content (AvgIpc) is 2.31. The molecule has 1 amide bonds. The Hall–Kier alpha value is -1.15. The van der Waals surface area contributed by atoms with Gasteiger partial charge in [0.05, 0.1) is 12.3 Å². The first kappa shape index (κ1) is 13.9. The summed E-state index contributed by atoms with van der Waals surface area (Å²) in [5.41, 5.74) is 6.08. The third-order valence-electron chi connectivity index (χ3n) is 1.95. The Balaban J connectivity index is 2.67. The molecule has 1 atom stereocenters. The molecule has 0 aliphatic rings. The second-order valence-electron chi connectivity index (χ2n) is 3.20. The molecule has 1 unspecified atom stereocenters. The van der Waals surface area contributed by atoms with Crippen LogP contribution in [0.15, 0.2) is 24.3 Å². The van der Waals surface area contributed by atoms with Crippen molar-refractivity contribution in [2.24, 2.45) is 5.73 Å². The highest BCUT2D eigenvalue weighted by molar-refractivity contribution is 14.1. The van der Waals surface area contributed by atoms with Crippen LogP contribution in [0.1, 0.15) is 6.92 Å². The van der Waals surface area contributed by atoms with Crippen molar-refractivity contribution in [2.75, 3.05) is 11.9 Å². The molecule has 0 heterocycles. The second kappa shape index (κ2) is 6.55. The van der Waals surface area contributed by atoms with Crippen LogP contribution in [0.3, 0.4) is 0 Å². The van der Waals surface area contributed by atoms with Gasteiger partial charge in [-0.2, -0.15) is 0 Å². The molecule has 0 aromatic heterocycles. The van der Waals surface area contributed by atoms with E-state index in [1.54, 1.807) is 19.1 Å². The monoisotopic (exact) mass is 348 g/mol. The number of ether oxygens (including phenoxy) is 1. The zero-order chi connectivity index (χ0) is 12.8. The Bertz CT molecular complexity index is 423. The van der Waals surface area contributed by atoms with Gasteiger partial charge in [0.1, 0.15) is 0 Å². The molecule has 0 saturated heterocycles. The molecule has 0 aliphatic carbocycles. The Labute approximate surface area is 113 Å². The van der Waals surface area contributed by atoms with Crippen LogP contribution in [0.2, 0.25) is 0 Å². The van der Waals surface area contributed by atoms with Gasteiger partial charge in [0.15, 0.2) is 6.04 Å². The normalized spacial score (nSPS) is 11.7. The highest BCUT2D eigenvalue weighted by atomic mass is 127. The van der Waals surface area contributed by atoms with E-state index in [0.717, 1.165) is 3.57 Å². The number of para-hydroxylation sites is 1. The molecule has 0 radical (unpaired) electrons. The van der Waals surface area contributed by atoms with Crippen LogP contribution in [-0.4, -0.2) is 24.5 Å². The summed E-state index contributed by atoms with van der Waals surface area (Å²) in [6.07, 6.45) is 0. The fourth-order valence-electron chi connectivity index (χ4n) is 1.11. The minimum absolute atomic E-state index is 0.197. The van der Waals surface area contributed by atoms with E-state index in [-0.39, 0.29) is 6.61 Å². The smallest absolute Gasteiger partial charge is 0.332 e. The molecule has 6 heteroatoms. The summed E-state index contributed by atoms with van der Waals surface area (Å²) >= 11 is 2.08. The molecule has 5 nitrogen and oxygen atoms in total. The van der Waals surface area contributed by atoms with E-state index in [2.05, 4.69) is 32.6 Å². The molecule has 3 N–H and O–H groups in total. The zero-order valence-corrected chi connectivity index (χ0v) is 11.4. The van der Waals surface area contributed by atoms with Gasteiger partial charge in [0.25, 0.3) is 5.91 Å². The predicted octanol–water partition coefficient (Wildman–Crippen LogP) is 1.12. The minimum atomic E-state index is -1.30. The molecule has 0 bridgehead atoms. The number of amides is 1. The predicted molar refractivity (Wildman–Crippen MR) is 72.4 cm³/mol. The number of hydrogen-bond acceptors (Lipinski definition) is 4. The Morgan fingerprint density at radius 1 is 1.47 bits per heavy atom. The number of esters is 1. The number of halogens is 1. The number of carbonyl (C=O) groups is 2. The number of carbonyl (C=O) groups excluding carboxylic acids is 2. The first-order valence-electron chi connectivity index (χ1n) is 5.04. The Morgan fingerprint density at radius 3 is 2.71 bits per heavy atom. The maximum absolute atomic E-state index is 11.6. The first-order valence-corrected chi connectivity index (χ1v) is 6.11. The second-order valence-corrected chi connectivity index (χ2v) is 4.36. The van der Waals surface area contributed by atoms with Gasteiger partial charge in [-0.15, -0.1) is 0 Å². The Kier molecular flexibility index (Phi) is 5.36. The summed E-state index contributed by atoms with van der Waals surface area (Å²) in [4.78, 5) is 22.9. The van der Waals surface area contributed by atoms with Crippen LogP contribution < -0.4 is 11.1 Å². The minimum Gasteiger partial charge on any atom is -0.464 e. The number of anilines is 1. The maximum Gasteiger partial charge on any atom is 0.332 e. The molecule has 17 heavy (non-hydrogen) atoms. The lowest BCUT2D eigenvalue weighted by Gasteiger charge is -2.12. The molecule has 0 fully saturated rings. The molecule has 92 valence electrons. The summed E-state index contributed by atoms with van der Waals surface area (Å²) in [5, 5.41) is 2.58. The molecular weight excluding hydrogens is 335 g/mol. The van der Waals surface area contributed by atoms with Crippen molar-refractivity contribution in [3.8, 4) is 0 Å². The highest BCUT2D eigenvalue weighted by Gasteiger charge is 2.23. The van der Waals surface area contributed by atoms with E-state index >= 15 is 0 Å². The number of hydrogen-bond donors (Lipinski definition) is 2. The van der Waals surface area contributed by atoms with Crippen LogP contribution in [0.5, 0.6) is 0 Å². The van der Waals surface area contributed by atoms with Gasteiger partial charge in [0, 0.05) is 3.57 Å². The molecule has 1 aromatic rings. The van der Waals surface area contributed by atoms with Gasteiger partial charge in [-0.25, -0.2) is 4.79 Å². The van der Waals surface area contributed by atoms with Crippen molar-refractivity contribution in [3.05, 3.63) is 27.8 Å². The highest BCUT2D eigenvalue weighted by Crippen LogP contribution is 2.16. The summed E-state index contributed by atoms with van der Waals surface area (Å²) in [6.45, 7) is 1.85. The van der Waals surface area contributed by atoms with E-state index < -0.39 is 17.9 Å². The third-order valence-corrected chi connectivity index (χ3v) is 2.90. The molecule has 0 spiro atoms. The lowest BCUT2D eigenvalue weighted by atomic mass is 10.2. The summed E-state index contributed by atoms with van der Waals surface area (Å²) in [6, 6.07) is 5.91. The fraction of sp³-hybridized carbons (Fsp3) is 0.273. The van der Waals surface area contributed by atoms with Crippen molar-refractivity contribution in [3.63, 3.8) is 0 Å². The van der Waals surface area contributed by atoms with Gasteiger partial charge in [-0.1, -0.05) is 12.1 Å². The van der Waals surface area contributed by atoms with Gasteiger partial charge < -0.3 is 15.8 Å². The van der Waals surface area contributed by atoms with Crippen molar-refractivity contribution in [1.29, 1.82) is 0 Å². The number of nitrogens with one attached hydrogen (secondary N) is 1. The van der Waals surface area contributed by atoms with Gasteiger partial charge >= 0.3 is 5.97 Å². The summed E-state index contributed by atoms with van der Waals surface area (Å²) in [5.74, 6) is -1.30. The fourth-order valence-corrected chi connectivity index (χ4v) is 1.63. The molecule has 0 aliphatic heterocycles. The molecular formula is C11H13IN2O3. The van der Waals surface area contributed by atoms with Gasteiger partial charge in [-0.3, -0.25) is 4.79 Å². The maximum atomic E-state index is 11.6. The van der Waals surface area contributed by atoms with Gasteiger partial charge in [0.2, 0.25) is 0 Å². The third kappa shape index (κ3) is 3.97. The first-order chi connectivity index (χ1) is 8.06. The van der Waals surface area contributed by atoms with Crippen molar-refractivity contribution < 1.29 is 14.3 Å². The quantitative estimate of drug-likeness (QED) is 0.485.